The summed E-state index contributed by atoms with van der Waals surface area (Å²) in [6, 6.07) is 7.78. The highest BCUT2D eigenvalue weighted by Crippen LogP contribution is 2.44. The standard InChI is InChI=1S/C19H24N6OS/c1-24-15-12-21-18(22-13-6-8-14(27-20)9-7-13)23-16(15)25(2)19(17(24)26)10-4-3-5-11-19/h6-9,12H,3-5,10-11,20H2,1-2H3,(H,21,22,23). The van der Waals surface area contributed by atoms with E-state index in [4.69, 9.17) is 10.1 Å². The van der Waals surface area contributed by atoms with Crippen LogP contribution in [0.15, 0.2) is 35.4 Å². The molecule has 1 aromatic carbocycles. The fourth-order valence-corrected chi connectivity index (χ4v) is 4.40. The fraction of sp³-hybridized carbons (Fsp3) is 0.421. The van der Waals surface area contributed by atoms with Gasteiger partial charge in [0.2, 0.25) is 5.95 Å². The van der Waals surface area contributed by atoms with Crippen molar-refractivity contribution in [1.82, 2.24) is 9.97 Å². The zero-order valence-corrected chi connectivity index (χ0v) is 16.4. The van der Waals surface area contributed by atoms with E-state index in [1.807, 2.05) is 38.4 Å². The summed E-state index contributed by atoms with van der Waals surface area (Å²) < 4.78 is 0. The third kappa shape index (κ3) is 3.02. The van der Waals surface area contributed by atoms with E-state index >= 15 is 0 Å². The molecule has 27 heavy (non-hydrogen) atoms. The Balaban J connectivity index is 1.67. The maximum Gasteiger partial charge on any atom is 0.252 e. The van der Waals surface area contributed by atoms with Crippen LogP contribution in [0.2, 0.25) is 0 Å². The Morgan fingerprint density at radius 1 is 1.15 bits per heavy atom. The number of likely N-dealkylation sites (N-methyl/N-ethyl adjacent to an activating group) is 2. The van der Waals surface area contributed by atoms with Crippen LogP contribution in [0.5, 0.6) is 0 Å². The van der Waals surface area contributed by atoms with Crippen molar-refractivity contribution in [2.45, 2.75) is 42.5 Å². The molecule has 0 unspecified atom stereocenters. The fourth-order valence-electron chi connectivity index (χ4n) is 4.11. The second-order valence-corrected chi connectivity index (χ2v) is 7.89. The van der Waals surface area contributed by atoms with Crippen molar-refractivity contribution >= 4 is 41.0 Å². The highest BCUT2D eigenvalue weighted by atomic mass is 32.2. The lowest BCUT2D eigenvalue weighted by molar-refractivity contribution is -0.125. The first-order chi connectivity index (χ1) is 13.0. The minimum absolute atomic E-state index is 0.149. The number of nitrogens with one attached hydrogen (secondary N) is 1. The molecule has 7 nitrogen and oxygen atoms in total. The molecule has 0 bridgehead atoms. The number of nitrogens with two attached hydrogens (primary N) is 1. The van der Waals surface area contributed by atoms with Gasteiger partial charge in [-0.2, -0.15) is 4.98 Å². The Hall–Kier alpha value is -2.32. The summed E-state index contributed by atoms with van der Waals surface area (Å²) in [5.74, 6) is 1.46. The molecule has 0 radical (unpaired) electrons. The number of fused-ring (bicyclic) bond motifs is 1. The van der Waals surface area contributed by atoms with Crippen molar-refractivity contribution in [1.29, 1.82) is 0 Å². The van der Waals surface area contributed by atoms with E-state index in [-0.39, 0.29) is 5.91 Å². The van der Waals surface area contributed by atoms with E-state index in [2.05, 4.69) is 15.2 Å². The molecular formula is C19H24N6OS. The van der Waals surface area contributed by atoms with E-state index in [9.17, 15) is 4.79 Å². The van der Waals surface area contributed by atoms with E-state index in [0.29, 0.717) is 5.95 Å². The van der Waals surface area contributed by atoms with E-state index in [1.54, 1.807) is 11.1 Å². The predicted octanol–water partition coefficient (Wildman–Crippen LogP) is 3.30. The van der Waals surface area contributed by atoms with Gasteiger partial charge in [0.15, 0.2) is 5.82 Å². The number of hydrogen-bond donors (Lipinski definition) is 2. The molecule has 1 aliphatic heterocycles. The number of nitrogens with zero attached hydrogens (tertiary/aromatic N) is 4. The number of aromatic nitrogens is 2. The van der Waals surface area contributed by atoms with E-state index < -0.39 is 5.54 Å². The van der Waals surface area contributed by atoms with Crippen LogP contribution in [0, 0.1) is 0 Å². The molecule has 2 aromatic rings. The van der Waals surface area contributed by atoms with Gasteiger partial charge in [-0.3, -0.25) is 9.93 Å². The van der Waals surface area contributed by atoms with E-state index in [0.717, 1.165) is 47.8 Å². The number of rotatable bonds is 3. The molecule has 142 valence electrons. The van der Waals surface area contributed by atoms with Gasteiger partial charge in [0.25, 0.3) is 5.91 Å². The van der Waals surface area contributed by atoms with Crippen LogP contribution >= 0.6 is 11.9 Å². The van der Waals surface area contributed by atoms with Gasteiger partial charge in [0.05, 0.1) is 6.20 Å². The number of carbonyl (C=O) groups is 1. The van der Waals surface area contributed by atoms with Gasteiger partial charge in [0, 0.05) is 24.7 Å². The van der Waals surface area contributed by atoms with Crippen molar-refractivity contribution in [3.05, 3.63) is 30.5 Å². The third-order valence-electron chi connectivity index (χ3n) is 5.70. The van der Waals surface area contributed by atoms with Gasteiger partial charge < -0.3 is 15.1 Å². The molecular weight excluding hydrogens is 360 g/mol. The highest BCUT2D eigenvalue weighted by Gasteiger charge is 2.49. The second kappa shape index (κ2) is 7.01. The molecule has 2 heterocycles. The van der Waals surface area contributed by atoms with Crippen LogP contribution in [0.1, 0.15) is 32.1 Å². The van der Waals surface area contributed by atoms with Crippen molar-refractivity contribution in [3.8, 4) is 0 Å². The Morgan fingerprint density at radius 2 is 1.85 bits per heavy atom. The monoisotopic (exact) mass is 384 g/mol. The number of benzene rings is 1. The van der Waals surface area contributed by atoms with Crippen molar-refractivity contribution in [2.75, 3.05) is 29.2 Å². The van der Waals surface area contributed by atoms with Crippen LogP contribution in [0.25, 0.3) is 0 Å². The zero-order valence-electron chi connectivity index (χ0n) is 15.6. The summed E-state index contributed by atoms with van der Waals surface area (Å²) in [4.78, 5) is 27.1. The Kier molecular flexibility index (Phi) is 4.69. The molecule has 1 saturated carbocycles. The summed E-state index contributed by atoms with van der Waals surface area (Å²) in [6.45, 7) is 0. The van der Waals surface area contributed by atoms with Crippen LogP contribution in [0.4, 0.5) is 23.1 Å². The molecule has 0 saturated heterocycles. The average Bonchev–Trinajstić information content (AvgIpc) is 2.72. The number of anilines is 4. The quantitative estimate of drug-likeness (QED) is 0.785. The predicted molar refractivity (Wildman–Crippen MR) is 109 cm³/mol. The van der Waals surface area contributed by atoms with Gasteiger partial charge >= 0.3 is 0 Å². The molecule has 1 aliphatic carbocycles. The number of carbonyl (C=O) groups excluding carboxylic acids is 1. The smallest absolute Gasteiger partial charge is 0.252 e. The Labute approximate surface area is 163 Å². The van der Waals surface area contributed by atoms with Gasteiger partial charge in [-0.05, 0) is 49.1 Å². The summed E-state index contributed by atoms with van der Waals surface area (Å²) in [5.41, 5.74) is 1.16. The topological polar surface area (TPSA) is 87.4 Å². The van der Waals surface area contributed by atoms with Gasteiger partial charge in [-0.1, -0.05) is 19.3 Å². The Bertz CT molecular complexity index is 850. The molecule has 1 fully saturated rings. The third-order valence-corrected chi connectivity index (χ3v) is 6.25. The number of hydrogen-bond acceptors (Lipinski definition) is 7. The van der Waals surface area contributed by atoms with Crippen molar-refractivity contribution < 1.29 is 4.79 Å². The molecule has 0 atom stereocenters. The van der Waals surface area contributed by atoms with Crippen LogP contribution < -0.4 is 20.3 Å². The van der Waals surface area contributed by atoms with Gasteiger partial charge in [-0.15, -0.1) is 0 Å². The van der Waals surface area contributed by atoms with Crippen molar-refractivity contribution in [2.24, 2.45) is 5.14 Å². The largest absolute Gasteiger partial charge is 0.343 e. The SMILES string of the molecule is CN1C(=O)C2(CCCCC2)N(C)c2nc(Nc3ccc(SN)cc3)ncc21. The number of amides is 1. The lowest BCUT2D eigenvalue weighted by atomic mass is 9.78. The lowest BCUT2D eigenvalue weighted by Gasteiger charge is -2.49. The summed E-state index contributed by atoms with van der Waals surface area (Å²) in [7, 11) is 3.81. The molecule has 2 aliphatic rings. The maximum atomic E-state index is 13.1. The zero-order chi connectivity index (χ0) is 19.0. The minimum atomic E-state index is -0.481. The molecule has 1 spiro atoms. The first-order valence-electron chi connectivity index (χ1n) is 9.18. The average molecular weight is 385 g/mol. The second-order valence-electron chi connectivity index (χ2n) is 7.19. The summed E-state index contributed by atoms with van der Waals surface area (Å²) >= 11 is 1.21. The minimum Gasteiger partial charge on any atom is -0.343 e. The first kappa shape index (κ1) is 18.1. The molecule has 1 aromatic heterocycles. The lowest BCUT2D eigenvalue weighted by Crippen LogP contribution is -2.62. The highest BCUT2D eigenvalue weighted by molar-refractivity contribution is 7.97. The van der Waals surface area contributed by atoms with Crippen LogP contribution in [-0.4, -0.2) is 35.5 Å². The summed E-state index contributed by atoms with van der Waals surface area (Å²) in [6.07, 6.45) is 6.79. The molecule has 1 amide bonds. The molecule has 8 heteroatoms. The maximum absolute atomic E-state index is 13.1. The van der Waals surface area contributed by atoms with Gasteiger partial charge in [0.1, 0.15) is 11.2 Å². The summed E-state index contributed by atoms with van der Waals surface area (Å²) in [5, 5.41) is 8.81. The van der Waals surface area contributed by atoms with E-state index in [1.165, 1.54) is 18.4 Å². The normalized spacial score (nSPS) is 18.6. The molecule has 4 rings (SSSR count). The van der Waals surface area contributed by atoms with Gasteiger partial charge in [-0.25, -0.2) is 4.98 Å². The molecule has 3 N–H and O–H groups in total. The van der Waals surface area contributed by atoms with Crippen LogP contribution in [0.3, 0.4) is 0 Å². The van der Waals surface area contributed by atoms with Crippen LogP contribution in [-0.2, 0) is 4.79 Å². The van der Waals surface area contributed by atoms with Crippen molar-refractivity contribution in [3.63, 3.8) is 0 Å². The first-order valence-corrected chi connectivity index (χ1v) is 10.1. The Morgan fingerprint density at radius 3 is 2.52 bits per heavy atom.